The molecule has 5 radical (unpaired) electrons. The lowest BCUT2D eigenvalue weighted by Crippen LogP contribution is -2.47. The van der Waals surface area contributed by atoms with Gasteiger partial charge in [-0.3, -0.25) is 9.97 Å². The van der Waals surface area contributed by atoms with Gasteiger partial charge < -0.3 is 23.3 Å². The van der Waals surface area contributed by atoms with Gasteiger partial charge in [-0.25, -0.2) is 47.3 Å². The summed E-state index contributed by atoms with van der Waals surface area (Å²) in [5.74, 6) is 3.62. The molecule has 5 aliphatic rings. The Kier molecular flexibility index (Phi) is 42.6. The van der Waals surface area contributed by atoms with Crippen molar-refractivity contribution in [2.24, 2.45) is 0 Å². The number of hydrogen-bond acceptors (Lipinski definition) is 12. The Morgan fingerprint density at radius 1 is 0.267 bits per heavy atom. The van der Waals surface area contributed by atoms with Crippen molar-refractivity contribution < 1.29 is 45.7 Å². The van der Waals surface area contributed by atoms with Crippen LogP contribution in [0.3, 0.4) is 0 Å². The first kappa shape index (κ1) is 78.7. The lowest BCUT2D eigenvalue weighted by Gasteiger charge is -2.12. The molecular weight excluding hydrogens is 1120 g/mol. The minimum atomic E-state index is 0.603. The van der Waals surface area contributed by atoms with E-state index in [-0.39, 0.29) is 0 Å². The van der Waals surface area contributed by atoms with E-state index >= 15 is 0 Å². The molecule has 17 nitrogen and oxygen atoms in total. The molecule has 0 N–H and O–H groups in total. The summed E-state index contributed by atoms with van der Waals surface area (Å²) < 4.78 is 36.5. The molecule has 0 amide bonds. The van der Waals surface area contributed by atoms with Crippen LogP contribution in [-0.2, 0) is 0 Å². The molecule has 10 aromatic rings. The topological polar surface area (TPSA) is 156 Å². The molecule has 0 aromatic carbocycles. The van der Waals surface area contributed by atoms with Gasteiger partial charge in [0.25, 0.3) is 0 Å². The monoisotopic (exact) mass is 1210 g/mol. The van der Waals surface area contributed by atoms with Gasteiger partial charge in [0, 0.05) is 61.3 Å². The first-order chi connectivity index (χ1) is 44.7. The van der Waals surface area contributed by atoms with Gasteiger partial charge in [-0.1, -0.05) is 138 Å². The van der Waals surface area contributed by atoms with Crippen LogP contribution in [0.2, 0.25) is 0 Å². The van der Waals surface area contributed by atoms with Gasteiger partial charge in [-0.05, 0) is 84.9 Å². The molecule has 0 aliphatic carbocycles. The van der Waals surface area contributed by atoms with Crippen molar-refractivity contribution in [2.45, 2.75) is 138 Å². The van der Waals surface area contributed by atoms with Gasteiger partial charge in [0.05, 0.1) is 18.0 Å². The van der Waals surface area contributed by atoms with E-state index in [2.05, 4.69) is 41.0 Å². The summed E-state index contributed by atoms with van der Waals surface area (Å²) in [6.07, 6.45) is 24.9. The molecule has 0 atom stereocenters. The molecule has 10 aromatic heterocycles. The number of aromatic nitrogens is 12. The molecule has 465 valence electrons. The summed E-state index contributed by atoms with van der Waals surface area (Å²) in [6.45, 7) is 40.0. The number of hydrogen-bond donors (Lipinski definition) is 0. The number of rotatable bonds is 0. The van der Waals surface area contributed by atoms with Gasteiger partial charge in [0.1, 0.15) is 71.8 Å². The van der Waals surface area contributed by atoms with E-state index in [1.165, 1.54) is 12.7 Å². The summed E-state index contributed by atoms with van der Waals surface area (Å²) in [7, 11) is 8.30. The minimum absolute atomic E-state index is 0.603. The maximum absolute atomic E-state index is 5.45. The highest BCUT2D eigenvalue weighted by atomic mass is 16.5. The zero-order valence-corrected chi connectivity index (χ0v) is 56.8. The molecule has 15 rings (SSSR count). The van der Waals surface area contributed by atoms with Crippen LogP contribution in [0.4, 0.5) is 0 Å². The van der Waals surface area contributed by atoms with Gasteiger partial charge >= 0.3 is 38.1 Å². The second-order valence-electron chi connectivity index (χ2n) is 15.2. The summed E-state index contributed by atoms with van der Waals surface area (Å²) >= 11 is 0. The van der Waals surface area contributed by atoms with Crippen molar-refractivity contribution in [3.05, 3.63) is 202 Å². The highest BCUT2D eigenvalue weighted by molar-refractivity contribution is 6.20. The Bertz CT molecular complexity index is 2750. The maximum atomic E-state index is 5.45. The molecule has 0 bridgehead atoms. The standard InChI is InChI=1S/3C10H7BN2O.2C9H6BN3O.10C2H6/c1-2-7-13-9(5-1)8-4-3-6-12-10(8)14-11-13;1-2-6-13-9(3-1)8-7-12-5-4-10(8)14-11-13;1-2-6-13-9(3-1)8-4-5-12-7-10(8)14-11-13;1-2-4-13-8(3-1)7-5-11-6-12-9(7)14-10-13;1-2-4-13-7(3-1)9-8(14-10-13)5-11-6-12-9;10*1-2/h3*1-7H;2*1-6H;10*1-2H3/q5*+1;;;;;;;;;;. The zero-order chi connectivity index (χ0) is 66.9. The van der Waals surface area contributed by atoms with Gasteiger partial charge in [0.15, 0.2) is 34.2 Å². The molecule has 22 heteroatoms. The fraction of sp³-hybridized carbons (Fsp3) is 0.294. The van der Waals surface area contributed by atoms with Crippen LogP contribution in [0.25, 0.3) is 56.4 Å². The first-order valence-electron chi connectivity index (χ1n) is 31.7. The lowest BCUT2D eigenvalue weighted by atomic mass is 10.0. The fourth-order valence-electron chi connectivity index (χ4n) is 7.63. The quantitative estimate of drug-likeness (QED) is 0.133. The van der Waals surface area contributed by atoms with E-state index in [0.717, 1.165) is 67.9 Å². The minimum Gasteiger partial charge on any atom is -0.498 e. The number of fused-ring (bicyclic) bond motifs is 15. The van der Waals surface area contributed by atoms with Crippen LogP contribution in [0.15, 0.2) is 202 Å². The molecule has 0 saturated heterocycles. The van der Waals surface area contributed by atoms with Crippen LogP contribution in [0.1, 0.15) is 138 Å². The lowest BCUT2D eigenvalue weighted by molar-refractivity contribution is -0.528. The van der Waals surface area contributed by atoms with E-state index < -0.39 is 0 Å². The van der Waals surface area contributed by atoms with Crippen LogP contribution < -0.4 is 45.7 Å². The van der Waals surface area contributed by atoms with E-state index in [9.17, 15) is 0 Å². The highest BCUT2D eigenvalue weighted by Crippen LogP contribution is 2.31. The largest absolute Gasteiger partial charge is 0.832 e. The van der Waals surface area contributed by atoms with Crippen LogP contribution in [0, 0.1) is 0 Å². The smallest absolute Gasteiger partial charge is 0.498 e. The Hall–Kier alpha value is -9.32. The van der Waals surface area contributed by atoms with E-state index in [1.807, 2.05) is 307 Å². The molecule has 0 fully saturated rings. The Morgan fingerprint density at radius 2 is 0.633 bits per heavy atom. The molecule has 0 saturated carbocycles. The maximum Gasteiger partial charge on any atom is 0.832 e. The summed E-state index contributed by atoms with van der Waals surface area (Å²) in [5, 5.41) is 0. The molecule has 15 heterocycles. The third-order valence-corrected chi connectivity index (χ3v) is 10.9. The molecule has 0 spiro atoms. The van der Waals surface area contributed by atoms with E-state index in [4.69, 9.17) is 23.3 Å². The van der Waals surface area contributed by atoms with Gasteiger partial charge in [0.2, 0.25) is 17.5 Å². The van der Waals surface area contributed by atoms with Crippen LogP contribution in [-0.4, -0.2) is 73.0 Å². The SMILES string of the molecule is CC.CC.CC.CC.CC.CC.CC.CC.CC.CC.[B]1Oc2ccncc2-c2cccc[n+]21.[B]1Oc2cnccc2-c2cccc[n+]21.[B]1Oc2cncnc2-c2cccc[n+]21.[B]1Oc2ncccc2-c2cccc[n+]21.[B]1Oc2ncncc2-c2cccc[n+]21. The molecule has 90 heavy (non-hydrogen) atoms. The highest BCUT2D eigenvalue weighted by Gasteiger charge is 2.32. The van der Waals surface area contributed by atoms with Crippen molar-refractivity contribution in [3.63, 3.8) is 0 Å². The number of nitrogens with zero attached hydrogens (tertiary/aromatic N) is 12. The second kappa shape index (κ2) is 48.7. The summed E-state index contributed by atoms with van der Waals surface area (Å²) in [5.41, 5.74) is 10.2. The van der Waals surface area contributed by atoms with Gasteiger partial charge in [-0.2, -0.15) is 0 Å². The predicted octanol–water partition coefficient (Wildman–Crippen LogP) is 13.1. The predicted molar refractivity (Wildman–Crippen MR) is 367 cm³/mol. The Labute approximate surface area is 542 Å². The molecular formula is C68H93B5N12O5+5. The third kappa shape index (κ3) is 22.4. The van der Waals surface area contributed by atoms with E-state index in [0.29, 0.717) is 17.5 Å². The average Bonchev–Trinajstić information content (AvgIpc) is 2.26. The van der Waals surface area contributed by atoms with Crippen molar-refractivity contribution in [1.29, 1.82) is 0 Å². The first-order valence-corrected chi connectivity index (χ1v) is 31.7. The van der Waals surface area contributed by atoms with Crippen molar-refractivity contribution in [1.82, 2.24) is 34.9 Å². The van der Waals surface area contributed by atoms with Crippen molar-refractivity contribution in [2.75, 3.05) is 0 Å². The second-order valence-corrected chi connectivity index (χ2v) is 15.2. The average molecular weight is 1210 g/mol. The van der Waals surface area contributed by atoms with Crippen molar-refractivity contribution in [3.8, 4) is 85.4 Å². The molecule has 5 aliphatic heterocycles. The third-order valence-electron chi connectivity index (χ3n) is 10.9. The van der Waals surface area contributed by atoms with Crippen LogP contribution in [0.5, 0.6) is 29.0 Å². The Morgan fingerprint density at radius 3 is 1.17 bits per heavy atom. The van der Waals surface area contributed by atoms with Gasteiger partial charge in [-0.15, -0.1) is 0 Å². The zero-order valence-electron chi connectivity index (χ0n) is 56.8. The summed E-state index contributed by atoms with van der Waals surface area (Å²) in [4.78, 5) is 28.4. The van der Waals surface area contributed by atoms with Crippen molar-refractivity contribution >= 4 is 38.1 Å². The van der Waals surface area contributed by atoms with E-state index in [1.54, 1.807) is 75.3 Å². The number of pyridine rings is 8. The van der Waals surface area contributed by atoms with Crippen LogP contribution >= 0.6 is 0 Å². The summed E-state index contributed by atoms with van der Waals surface area (Å²) in [6, 6.07) is 37.6. The fourth-order valence-corrected chi connectivity index (χ4v) is 7.63. The Balaban J connectivity index is 0.000000525. The normalized spacial score (nSPS) is 10.0. The molecule has 0 unspecified atom stereocenters.